The van der Waals surface area contributed by atoms with Gasteiger partial charge in [0, 0.05) is 32.7 Å². The third-order valence-corrected chi connectivity index (χ3v) is 3.37. The van der Waals surface area contributed by atoms with Gasteiger partial charge in [-0.05, 0) is 46.2 Å². The largest absolute Gasteiger partial charge is 0.334 e. The normalized spacial score (nSPS) is 12.5. The molecule has 1 aromatic rings. The third-order valence-electron chi connectivity index (χ3n) is 3.37. The number of carbonyl (C=O) groups excluding carboxylic acids is 1. The van der Waals surface area contributed by atoms with E-state index >= 15 is 0 Å². The Morgan fingerprint density at radius 1 is 1.00 bits per heavy atom. The number of amides is 2. The molecule has 0 aliphatic carbocycles. The number of hydrogen-bond donors (Lipinski definition) is 1. The second kappa shape index (κ2) is 8.76. The van der Waals surface area contributed by atoms with Crippen LogP contribution in [0.5, 0.6) is 0 Å². The Bertz CT molecular complexity index is 473. The minimum absolute atomic E-state index is 0.0333. The Hall–Kier alpha value is -1.59. The van der Waals surface area contributed by atoms with E-state index in [1.807, 2.05) is 40.2 Å². The summed E-state index contributed by atoms with van der Waals surface area (Å²) in [5, 5.41) is 3.03. The number of nitrogens with zero attached hydrogens (tertiary/aromatic N) is 3. The molecule has 0 aromatic heterocycles. The van der Waals surface area contributed by atoms with Gasteiger partial charge < -0.3 is 20.0 Å². The van der Waals surface area contributed by atoms with Gasteiger partial charge in [-0.15, -0.1) is 0 Å². The maximum atomic E-state index is 12.3. The molecule has 0 saturated heterocycles. The summed E-state index contributed by atoms with van der Waals surface area (Å²) in [5.41, 5.74) is 2.45. The predicted octanol–water partition coefficient (Wildman–Crippen LogP) is 1.84. The van der Waals surface area contributed by atoms with E-state index < -0.39 is 0 Å². The number of urea groups is 1. The number of likely N-dealkylation sites (N-methyl/N-ethyl adjacent to an activating group) is 1. The van der Waals surface area contributed by atoms with E-state index in [9.17, 15) is 4.79 Å². The second-order valence-electron chi connectivity index (χ2n) is 6.48. The van der Waals surface area contributed by atoms with Crippen LogP contribution in [0.1, 0.15) is 18.1 Å². The van der Waals surface area contributed by atoms with Crippen LogP contribution in [-0.4, -0.2) is 68.6 Å². The van der Waals surface area contributed by atoms with E-state index in [1.54, 1.807) is 4.90 Å². The molecule has 1 N–H and O–H groups in total. The van der Waals surface area contributed by atoms with Gasteiger partial charge in [-0.1, -0.05) is 24.3 Å². The topological polar surface area (TPSA) is 38.8 Å². The molecule has 0 fully saturated rings. The van der Waals surface area contributed by atoms with Crippen molar-refractivity contribution in [1.29, 1.82) is 0 Å². The lowest BCUT2D eigenvalue weighted by Crippen LogP contribution is -2.45. The van der Waals surface area contributed by atoms with Crippen LogP contribution in [0, 0.1) is 0 Å². The smallest absolute Gasteiger partial charge is 0.317 e. The summed E-state index contributed by atoms with van der Waals surface area (Å²) in [6.07, 6.45) is 0. The first-order valence-electron chi connectivity index (χ1n) is 7.67. The van der Waals surface area contributed by atoms with Gasteiger partial charge in [0.15, 0.2) is 0 Å². The standard InChI is InChI=1S/C17H30N4O/c1-14(11-19(2)3)18-17(22)21(6)13-16-10-8-7-9-15(16)12-20(4)5/h7-10,14H,11-13H2,1-6H3,(H,18,22)/t14-/m1/s1. The number of rotatable bonds is 7. The molecule has 22 heavy (non-hydrogen) atoms. The Kier molecular flexibility index (Phi) is 7.35. The lowest BCUT2D eigenvalue weighted by atomic mass is 10.1. The molecule has 1 atom stereocenters. The maximum absolute atomic E-state index is 12.3. The lowest BCUT2D eigenvalue weighted by Gasteiger charge is -2.24. The number of nitrogens with one attached hydrogen (secondary N) is 1. The molecular weight excluding hydrogens is 276 g/mol. The van der Waals surface area contributed by atoms with Crippen molar-refractivity contribution in [2.75, 3.05) is 41.8 Å². The molecule has 5 heteroatoms. The number of benzene rings is 1. The Labute approximate surface area is 134 Å². The fraction of sp³-hybridized carbons (Fsp3) is 0.588. The Morgan fingerprint density at radius 2 is 1.55 bits per heavy atom. The lowest BCUT2D eigenvalue weighted by molar-refractivity contribution is 0.200. The fourth-order valence-electron chi connectivity index (χ4n) is 2.45. The summed E-state index contributed by atoms with van der Waals surface area (Å²) in [7, 11) is 9.95. The van der Waals surface area contributed by atoms with Gasteiger partial charge in [-0.2, -0.15) is 0 Å². The number of carbonyl (C=O) groups is 1. The molecule has 0 aliphatic heterocycles. The zero-order valence-electron chi connectivity index (χ0n) is 14.8. The highest BCUT2D eigenvalue weighted by Gasteiger charge is 2.14. The predicted molar refractivity (Wildman–Crippen MR) is 91.8 cm³/mol. The van der Waals surface area contributed by atoms with Gasteiger partial charge in [0.2, 0.25) is 0 Å². The van der Waals surface area contributed by atoms with Crippen molar-refractivity contribution in [2.45, 2.75) is 26.1 Å². The maximum Gasteiger partial charge on any atom is 0.317 e. The summed E-state index contributed by atoms with van der Waals surface area (Å²) >= 11 is 0. The molecule has 0 unspecified atom stereocenters. The van der Waals surface area contributed by atoms with Gasteiger partial charge in [0.05, 0.1) is 0 Å². The van der Waals surface area contributed by atoms with Gasteiger partial charge >= 0.3 is 6.03 Å². The van der Waals surface area contributed by atoms with Crippen LogP contribution in [0.15, 0.2) is 24.3 Å². The van der Waals surface area contributed by atoms with Crippen LogP contribution in [0.3, 0.4) is 0 Å². The molecule has 0 bridgehead atoms. The van der Waals surface area contributed by atoms with Crippen LogP contribution in [0.25, 0.3) is 0 Å². The summed E-state index contributed by atoms with van der Waals surface area (Å²) in [5.74, 6) is 0. The first-order chi connectivity index (χ1) is 10.3. The van der Waals surface area contributed by atoms with Gasteiger partial charge in [-0.25, -0.2) is 4.79 Å². The highest BCUT2D eigenvalue weighted by Crippen LogP contribution is 2.12. The Balaban J connectivity index is 2.64. The summed E-state index contributed by atoms with van der Waals surface area (Å²) in [6, 6.07) is 8.37. The molecule has 0 radical (unpaired) electrons. The van der Waals surface area contributed by atoms with Crippen LogP contribution in [0.2, 0.25) is 0 Å². The van der Waals surface area contributed by atoms with Crippen LogP contribution < -0.4 is 5.32 Å². The quantitative estimate of drug-likeness (QED) is 0.835. The average molecular weight is 306 g/mol. The van der Waals surface area contributed by atoms with E-state index in [0.29, 0.717) is 6.54 Å². The molecule has 0 heterocycles. The van der Waals surface area contributed by atoms with Crippen molar-refractivity contribution in [3.63, 3.8) is 0 Å². The van der Waals surface area contributed by atoms with E-state index in [2.05, 4.69) is 41.3 Å². The molecule has 0 aliphatic rings. The highest BCUT2D eigenvalue weighted by atomic mass is 16.2. The number of hydrogen-bond acceptors (Lipinski definition) is 3. The van der Waals surface area contributed by atoms with E-state index in [1.165, 1.54) is 11.1 Å². The van der Waals surface area contributed by atoms with Crippen molar-refractivity contribution >= 4 is 6.03 Å². The zero-order chi connectivity index (χ0) is 16.7. The van der Waals surface area contributed by atoms with Crippen LogP contribution >= 0.6 is 0 Å². The van der Waals surface area contributed by atoms with Crippen molar-refractivity contribution < 1.29 is 4.79 Å². The van der Waals surface area contributed by atoms with Crippen LogP contribution in [-0.2, 0) is 13.1 Å². The van der Waals surface area contributed by atoms with Crippen molar-refractivity contribution in [3.8, 4) is 0 Å². The first-order valence-corrected chi connectivity index (χ1v) is 7.67. The molecular formula is C17H30N4O. The van der Waals surface area contributed by atoms with Crippen molar-refractivity contribution in [2.24, 2.45) is 0 Å². The summed E-state index contributed by atoms with van der Waals surface area (Å²) < 4.78 is 0. The zero-order valence-corrected chi connectivity index (χ0v) is 14.8. The SMILES string of the molecule is C[C@H](CN(C)C)NC(=O)N(C)Cc1ccccc1CN(C)C. The monoisotopic (exact) mass is 306 g/mol. The third kappa shape index (κ3) is 6.45. The Morgan fingerprint density at radius 3 is 2.05 bits per heavy atom. The van der Waals surface area contributed by atoms with E-state index in [4.69, 9.17) is 0 Å². The molecule has 1 rings (SSSR count). The summed E-state index contributed by atoms with van der Waals surface area (Å²) in [6.45, 7) is 4.34. The fourth-order valence-corrected chi connectivity index (χ4v) is 2.45. The molecule has 1 aromatic carbocycles. The van der Waals surface area contributed by atoms with Gasteiger partial charge in [-0.3, -0.25) is 0 Å². The molecule has 5 nitrogen and oxygen atoms in total. The highest BCUT2D eigenvalue weighted by molar-refractivity contribution is 5.74. The minimum atomic E-state index is -0.0333. The van der Waals surface area contributed by atoms with Gasteiger partial charge in [0.25, 0.3) is 0 Å². The second-order valence-corrected chi connectivity index (χ2v) is 6.48. The van der Waals surface area contributed by atoms with Gasteiger partial charge in [0.1, 0.15) is 0 Å². The molecule has 0 spiro atoms. The summed E-state index contributed by atoms with van der Waals surface area (Å²) in [4.78, 5) is 18.2. The van der Waals surface area contributed by atoms with E-state index in [0.717, 1.165) is 13.1 Å². The van der Waals surface area contributed by atoms with E-state index in [-0.39, 0.29) is 12.1 Å². The molecule has 124 valence electrons. The molecule has 2 amide bonds. The van der Waals surface area contributed by atoms with Crippen molar-refractivity contribution in [3.05, 3.63) is 35.4 Å². The average Bonchev–Trinajstić information content (AvgIpc) is 2.39. The first kappa shape index (κ1) is 18.5. The van der Waals surface area contributed by atoms with Crippen LogP contribution in [0.4, 0.5) is 4.79 Å². The molecule has 0 saturated carbocycles. The minimum Gasteiger partial charge on any atom is -0.334 e. The van der Waals surface area contributed by atoms with Crippen molar-refractivity contribution in [1.82, 2.24) is 20.0 Å².